The molecule has 0 fully saturated rings. The highest BCUT2D eigenvalue weighted by molar-refractivity contribution is 5.76. The van der Waals surface area contributed by atoms with E-state index in [1.54, 1.807) is 27.7 Å². The van der Waals surface area contributed by atoms with Gasteiger partial charge in [0, 0.05) is 12.0 Å². The van der Waals surface area contributed by atoms with Crippen LogP contribution in [0.15, 0.2) is 0 Å². The number of nitrogens with one attached hydrogen (secondary N) is 1. The van der Waals surface area contributed by atoms with Gasteiger partial charge < -0.3 is 15.8 Å². The molecule has 0 spiro atoms. The second-order valence-electron chi connectivity index (χ2n) is 5.09. The summed E-state index contributed by atoms with van der Waals surface area (Å²) in [7, 11) is 0. The fraction of sp³-hybridized carbons (Fsp3) is 0.818. The van der Waals surface area contributed by atoms with Crippen LogP contribution in [-0.4, -0.2) is 23.6 Å². The Morgan fingerprint density at radius 3 is 2.19 bits per heavy atom. The van der Waals surface area contributed by atoms with Crippen molar-refractivity contribution >= 4 is 12.0 Å². The summed E-state index contributed by atoms with van der Waals surface area (Å²) in [6.45, 7) is 8.93. The third kappa shape index (κ3) is 7.09. The van der Waals surface area contributed by atoms with Crippen LogP contribution in [0.3, 0.4) is 0 Å². The average Bonchev–Trinajstić information content (AvgIpc) is 1.98. The first-order valence-corrected chi connectivity index (χ1v) is 5.40. The number of amides is 2. The summed E-state index contributed by atoms with van der Waals surface area (Å²) >= 11 is 0. The smallest absolute Gasteiger partial charge is 0.407 e. The van der Waals surface area contributed by atoms with Crippen LogP contribution in [-0.2, 0) is 9.53 Å². The molecule has 0 aliphatic carbocycles. The highest BCUT2D eigenvalue weighted by Crippen LogP contribution is 2.09. The van der Waals surface area contributed by atoms with Crippen molar-refractivity contribution in [3.63, 3.8) is 0 Å². The van der Waals surface area contributed by atoms with E-state index in [2.05, 4.69) is 5.32 Å². The molecule has 0 aromatic heterocycles. The second-order valence-corrected chi connectivity index (χ2v) is 5.09. The lowest BCUT2D eigenvalue weighted by atomic mass is 10.0. The number of primary amides is 1. The van der Waals surface area contributed by atoms with E-state index in [1.165, 1.54) is 0 Å². The summed E-state index contributed by atoms with van der Waals surface area (Å²) in [5, 5.41) is 2.65. The van der Waals surface area contributed by atoms with Crippen molar-refractivity contribution in [2.24, 2.45) is 11.7 Å². The summed E-state index contributed by atoms with van der Waals surface area (Å²) in [6, 6.07) is -0.141. The van der Waals surface area contributed by atoms with Gasteiger partial charge in [0.15, 0.2) is 0 Å². The Bertz CT molecular complexity index is 258. The normalized spacial score (nSPS) is 15.1. The number of hydrogen-bond donors (Lipinski definition) is 2. The maximum atomic E-state index is 11.4. The van der Waals surface area contributed by atoms with E-state index in [1.807, 2.05) is 6.92 Å². The lowest BCUT2D eigenvalue weighted by Gasteiger charge is -2.22. The van der Waals surface area contributed by atoms with Crippen LogP contribution in [0.4, 0.5) is 4.79 Å². The molecule has 0 rings (SSSR count). The van der Waals surface area contributed by atoms with Crippen molar-refractivity contribution in [3.8, 4) is 0 Å². The molecule has 0 radical (unpaired) electrons. The number of carbonyl (C=O) groups is 2. The Morgan fingerprint density at radius 1 is 1.31 bits per heavy atom. The van der Waals surface area contributed by atoms with Crippen molar-refractivity contribution in [2.45, 2.75) is 52.7 Å². The van der Waals surface area contributed by atoms with Crippen LogP contribution in [0.1, 0.15) is 41.0 Å². The minimum atomic E-state index is -0.515. The fourth-order valence-electron chi connectivity index (χ4n) is 1.21. The van der Waals surface area contributed by atoms with Gasteiger partial charge in [0.1, 0.15) is 5.60 Å². The van der Waals surface area contributed by atoms with Crippen molar-refractivity contribution in [3.05, 3.63) is 0 Å². The van der Waals surface area contributed by atoms with Crippen LogP contribution in [0.25, 0.3) is 0 Å². The topological polar surface area (TPSA) is 81.4 Å². The maximum absolute atomic E-state index is 11.4. The van der Waals surface area contributed by atoms with Gasteiger partial charge >= 0.3 is 6.09 Å². The van der Waals surface area contributed by atoms with Gasteiger partial charge in [-0.1, -0.05) is 6.92 Å². The Balaban J connectivity index is 4.01. The molecular formula is C11H22N2O3. The number of alkyl carbamates (subject to hydrolysis) is 1. The van der Waals surface area contributed by atoms with Gasteiger partial charge in [-0.3, -0.25) is 4.79 Å². The molecule has 0 unspecified atom stereocenters. The summed E-state index contributed by atoms with van der Waals surface area (Å²) in [5.41, 5.74) is 4.62. The van der Waals surface area contributed by atoms with Crippen molar-refractivity contribution < 1.29 is 14.3 Å². The van der Waals surface area contributed by atoms with Crippen LogP contribution >= 0.6 is 0 Å². The molecule has 94 valence electrons. The summed E-state index contributed by atoms with van der Waals surface area (Å²) in [5.74, 6) is -0.622. The molecule has 3 N–H and O–H groups in total. The lowest BCUT2D eigenvalue weighted by molar-refractivity contribution is -0.121. The van der Waals surface area contributed by atoms with Crippen molar-refractivity contribution in [2.75, 3.05) is 0 Å². The minimum absolute atomic E-state index is 0.141. The molecule has 0 aromatic carbocycles. The molecule has 0 saturated carbocycles. The summed E-state index contributed by atoms with van der Waals surface area (Å²) < 4.78 is 5.08. The van der Waals surface area contributed by atoms with E-state index < -0.39 is 11.7 Å². The zero-order valence-corrected chi connectivity index (χ0v) is 10.7. The molecule has 2 atom stereocenters. The molecule has 0 saturated heterocycles. The first-order valence-electron chi connectivity index (χ1n) is 5.40. The van der Waals surface area contributed by atoms with E-state index in [-0.39, 0.29) is 17.9 Å². The number of carbonyl (C=O) groups excluding carboxylic acids is 2. The summed E-state index contributed by atoms with van der Waals surface area (Å²) in [4.78, 5) is 22.2. The van der Waals surface area contributed by atoms with E-state index >= 15 is 0 Å². The summed E-state index contributed by atoms with van der Waals surface area (Å²) in [6.07, 6.45) is 0.0332. The third-order valence-corrected chi connectivity index (χ3v) is 1.96. The fourth-order valence-corrected chi connectivity index (χ4v) is 1.21. The van der Waals surface area contributed by atoms with Crippen LogP contribution < -0.4 is 11.1 Å². The predicted octanol–water partition coefficient (Wildman–Crippen LogP) is 1.41. The Labute approximate surface area is 96.7 Å². The third-order valence-electron chi connectivity index (χ3n) is 1.96. The molecule has 0 aliphatic rings. The SMILES string of the molecule is C[C@H](C[C@H](C)C(N)=O)NC(=O)OC(C)(C)C. The maximum Gasteiger partial charge on any atom is 0.407 e. The Hall–Kier alpha value is -1.26. The van der Waals surface area contributed by atoms with Crippen LogP contribution in [0.5, 0.6) is 0 Å². The number of ether oxygens (including phenoxy) is 1. The van der Waals surface area contributed by atoms with Crippen LogP contribution in [0, 0.1) is 5.92 Å². The van der Waals surface area contributed by atoms with E-state index in [9.17, 15) is 9.59 Å². The molecule has 0 bridgehead atoms. The van der Waals surface area contributed by atoms with Crippen LogP contribution in [0.2, 0.25) is 0 Å². The average molecular weight is 230 g/mol. The van der Waals surface area contributed by atoms with E-state index in [4.69, 9.17) is 10.5 Å². The molecule has 0 aliphatic heterocycles. The van der Waals surface area contributed by atoms with Gasteiger partial charge in [-0.15, -0.1) is 0 Å². The van der Waals surface area contributed by atoms with E-state index in [0.29, 0.717) is 6.42 Å². The molecule has 0 heterocycles. The number of rotatable bonds is 4. The second kappa shape index (κ2) is 5.72. The zero-order chi connectivity index (χ0) is 12.9. The molecule has 5 heteroatoms. The standard InChI is InChI=1S/C11H22N2O3/c1-7(9(12)14)6-8(2)13-10(15)16-11(3,4)5/h7-8H,6H2,1-5H3,(H2,12,14)(H,13,15)/t7-,8+/m0/s1. The largest absolute Gasteiger partial charge is 0.444 e. The highest BCUT2D eigenvalue weighted by Gasteiger charge is 2.19. The van der Waals surface area contributed by atoms with Gasteiger partial charge in [-0.25, -0.2) is 4.79 Å². The van der Waals surface area contributed by atoms with Crippen molar-refractivity contribution in [1.29, 1.82) is 0 Å². The quantitative estimate of drug-likeness (QED) is 0.766. The van der Waals surface area contributed by atoms with Gasteiger partial charge in [0.05, 0.1) is 0 Å². The lowest BCUT2D eigenvalue weighted by Crippen LogP contribution is -2.39. The minimum Gasteiger partial charge on any atom is -0.444 e. The van der Waals surface area contributed by atoms with Gasteiger partial charge in [0.25, 0.3) is 0 Å². The monoisotopic (exact) mass is 230 g/mol. The first kappa shape index (κ1) is 14.7. The zero-order valence-electron chi connectivity index (χ0n) is 10.7. The van der Waals surface area contributed by atoms with Crippen molar-refractivity contribution in [1.82, 2.24) is 5.32 Å². The Morgan fingerprint density at radius 2 is 1.81 bits per heavy atom. The first-order chi connectivity index (χ1) is 7.11. The van der Waals surface area contributed by atoms with E-state index in [0.717, 1.165) is 0 Å². The number of hydrogen-bond acceptors (Lipinski definition) is 3. The molecule has 2 amide bonds. The van der Waals surface area contributed by atoms with Gasteiger partial charge in [-0.2, -0.15) is 0 Å². The molecule has 16 heavy (non-hydrogen) atoms. The van der Waals surface area contributed by atoms with Gasteiger partial charge in [-0.05, 0) is 34.1 Å². The molecule has 5 nitrogen and oxygen atoms in total. The Kier molecular flexibility index (Phi) is 5.27. The molecule has 0 aromatic rings. The predicted molar refractivity (Wildman–Crippen MR) is 61.8 cm³/mol. The number of nitrogens with two attached hydrogens (primary N) is 1. The highest BCUT2D eigenvalue weighted by atomic mass is 16.6. The van der Waals surface area contributed by atoms with Gasteiger partial charge in [0.2, 0.25) is 5.91 Å². The molecular weight excluding hydrogens is 208 g/mol.